The fourth-order valence-electron chi connectivity index (χ4n) is 2.88. The Bertz CT molecular complexity index is 813. The number of benzene rings is 2. The second-order valence-corrected chi connectivity index (χ2v) is 6.34. The molecule has 2 rings (SSSR count). The van der Waals surface area contributed by atoms with E-state index in [9.17, 15) is 9.18 Å². The number of amides is 1. The molecule has 158 valence electrons. The van der Waals surface area contributed by atoms with Gasteiger partial charge in [0.05, 0.1) is 32.6 Å². The number of methoxy groups -OCH3 is 1. The molecule has 0 radical (unpaired) electrons. The number of likely N-dealkylation sites (N-methyl/N-ethyl adjacent to an activating group) is 1. The minimum Gasteiger partial charge on any atom is -0.494 e. The summed E-state index contributed by atoms with van der Waals surface area (Å²) >= 11 is 0. The van der Waals surface area contributed by atoms with Gasteiger partial charge in [-0.1, -0.05) is 13.0 Å². The van der Waals surface area contributed by atoms with Crippen LogP contribution in [0.3, 0.4) is 0 Å². The molecule has 1 N–H and O–H groups in total. The fourth-order valence-corrected chi connectivity index (χ4v) is 2.88. The Morgan fingerprint density at radius 3 is 2.38 bits per heavy atom. The number of nitrogens with one attached hydrogen (secondary N) is 1. The van der Waals surface area contributed by atoms with Gasteiger partial charge >= 0.3 is 0 Å². The second-order valence-electron chi connectivity index (χ2n) is 6.34. The molecule has 2 aromatic rings. The van der Waals surface area contributed by atoms with E-state index in [1.165, 1.54) is 13.2 Å². The number of halogens is 1. The molecule has 0 heterocycles. The molecule has 6 nitrogen and oxygen atoms in total. The number of anilines is 1. The van der Waals surface area contributed by atoms with Crippen LogP contribution < -0.4 is 19.5 Å². The zero-order valence-corrected chi connectivity index (χ0v) is 17.5. The highest BCUT2D eigenvalue weighted by Crippen LogP contribution is 2.29. The number of rotatable bonds is 11. The van der Waals surface area contributed by atoms with E-state index in [1.807, 2.05) is 25.7 Å². The molecule has 7 heteroatoms. The standard InChI is InChI=1S/C22H29FN2O4/c1-5-25(14-16-8-10-20(27-4)18(23)12-16)15-22(26)24-19-13-17(28-6-2)9-11-21(19)29-7-3/h8-13H,5-7,14-15H2,1-4H3,(H,24,26). The Labute approximate surface area is 171 Å². The molecule has 29 heavy (non-hydrogen) atoms. The van der Waals surface area contributed by atoms with E-state index in [1.54, 1.807) is 30.3 Å². The summed E-state index contributed by atoms with van der Waals surface area (Å²) < 4.78 is 30.0. The molecule has 0 bridgehead atoms. The first-order valence-electron chi connectivity index (χ1n) is 9.74. The van der Waals surface area contributed by atoms with E-state index in [0.29, 0.717) is 43.5 Å². The van der Waals surface area contributed by atoms with Crippen LogP contribution in [0.25, 0.3) is 0 Å². The molecular weight excluding hydrogens is 375 g/mol. The predicted octanol–water partition coefficient (Wildman–Crippen LogP) is 4.09. The zero-order valence-electron chi connectivity index (χ0n) is 17.5. The Balaban J connectivity index is 2.06. The average Bonchev–Trinajstić information content (AvgIpc) is 2.70. The van der Waals surface area contributed by atoms with Crippen LogP contribution >= 0.6 is 0 Å². The van der Waals surface area contributed by atoms with Crippen molar-refractivity contribution < 1.29 is 23.4 Å². The van der Waals surface area contributed by atoms with E-state index < -0.39 is 5.82 Å². The maximum atomic E-state index is 13.9. The van der Waals surface area contributed by atoms with Crippen LogP contribution in [-0.2, 0) is 11.3 Å². The van der Waals surface area contributed by atoms with E-state index in [0.717, 1.165) is 5.56 Å². The van der Waals surface area contributed by atoms with Gasteiger partial charge in [-0.25, -0.2) is 4.39 Å². The van der Waals surface area contributed by atoms with Crippen LogP contribution in [0.15, 0.2) is 36.4 Å². The third-order valence-corrected chi connectivity index (χ3v) is 4.27. The summed E-state index contributed by atoms with van der Waals surface area (Å²) in [6.07, 6.45) is 0. The Kier molecular flexibility index (Phi) is 8.73. The Morgan fingerprint density at radius 1 is 1.03 bits per heavy atom. The second kappa shape index (κ2) is 11.3. The summed E-state index contributed by atoms with van der Waals surface area (Å²) in [5.74, 6) is 0.846. The zero-order chi connectivity index (χ0) is 21.2. The van der Waals surface area contributed by atoms with Gasteiger partial charge in [0.15, 0.2) is 11.6 Å². The predicted molar refractivity (Wildman–Crippen MR) is 111 cm³/mol. The molecule has 0 aliphatic carbocycles. The van der Waals surface area contributed by atoms with Crippen LogP contribution in [0.5, 0.6) is 17.2 Å². The largest absolute Gasteiger partial charge is 0.494 e. The maximum absolute atomic E-state index is 13.9. The number of hydrogen-bond acceptors (Lipinski definition) is 5. The van der Waals surface area contributed by atoms with Crippen molar-refractivity contribution in [2.45, 2.75) is 27.3 Å². The van der Waals surface area contributed by atoms with E-state index in [2.05, 4.69) is 5.32 Å². The number of carbonyl (C=O) groups excluding carboxylic acids is 1. The Hall–Kier alpha value is -2.80. The lowest BCUT2D eigenvalue weighted by Crippen LogP contribution is -2.32. The molecule has 0 saturated heterocycles. The molecule has 0 unspecified atom stereocenters. The van der Waals surface area contributed by atoms with Crippen molar-refractivity contribution in [3.63, 3.8) is 0 Å². The van der Waals surface area contributed by atoms with Crippen molar-refractivity contribution in [1.29, 1.82) is 0 Å². The van der Waals surface area contributed by atoms with Crippen molar-refractivity contribution in [3.8, 4) is 17.2 Å². The van der Waals surface area contributed by atoms with Gasteiger partial charge in [0.25, 0.3) is 0 Å². The highest BCUT2D eigenvalue weighted by atomic mass is 19.1. The van der Waals surface area contributed by atoms with Crippen LogP contribution in [0, 0.1) is 5.82 Å². The van der Waals surface area contributed by atoms with Crippen LogP contribution in [0.2, 0.25) is 0 Å². The highest BCUT2D eigenvalue weighted by Gasteiger charge is 2.14. The molecule has 0 fully saturated rings. The lowest BCUT2D eigenvalue weighted by atomic mass is 10.2. The first-order chi connectivity index (χ1) is 14.0. The molecule has 1 amide bonds. The monoisotopic (exact) mass is 404 g/mol. The summed E-state index contributed by atoms with van der Waals surface area (Å²) in [6.45, 7) is 8.00. The summed E-state index contributed by atoms with van der Waals surface area (Å²) in [7, 11) is 1.43. The van der Waals surface area contributed by atoms with E-state index >= 15 is 0 Å². The van der Waals surface area contributed by atoms with Gasteiger partial charge < -0.3 is 19.5 Å². The first kappa shape index (κ1) is 22.5. The van der Waals surface area contributed by atoms with Gasteiger partial charge in [0, 0.05) is 12.6 Å². The first-order valence-corrected chi connectivity index (χ1v) is 9.74. The van der Waals surface area contributed by atoms with Crippen molar-refractivity contribution in [1.82, 2.24) is 4.90 Å². The third kappa shape index (κ3) is 6.64. The van der Waals surface area contributed by atoms with Crippen molar-refractivity contribution >= 4 is 11.6 Å². The lowest BCUT2D eigenvalue weighted by Gasteiger charge is -2.21. The van der Waals surface area contributed by atoms with E-state index in [-0.39, 0.29) is 18.2 Å². The molecule has 0 atom stereocenters. The van der Waals surface area contributed by atoms with Gasteiger partial charge in [-0.2, -0.15) is 0 Å². The van der Waals surface area contributed by atoms with Crippen molar-refractivity contribution in [2.75, 3.05) is 38.7 Å². The minimum absolute atomic E-state index is 0.161. The van der Waals surface area contributed by atoms with Crippen LogP contribution in [0.4, 0.5) is 10.1 Å². The SMILES string of the molecule is CCOc1ccc(OCC)c(NC(=O)CN(CC)Cc2ccc(OC)c(F)c2)c1. The summed E-state index contributed by atoms with van der Waals surface area (Å²) in [5, 5.41) is 2.89. The summed E-state index contributed by atoms with van der Waals surface area (Å²) in [6, 6.07) is 10.1. The molecule has 0 aromatic heterocycles. The minimum atomic E-state index is -0.417. The molecular formula is C22H29FN2O4. The third-order valence-electron chi connectivity index (χ3n) is 4.27. The van der Waals surface area contributed by atoms with E-state index in [4.69, 9.17) is 14.2 Å². The molecule has 0 aliphatic rings. The van der Waals surface area contributed by atoms with Gasteiger partial charge in [0.1, 0.15) is 11.5 Å². The van der Waals surface area contributed by atoms with Crippen molar-refractivity contribution in [3.05, 3.63) is 47.8 Å². The number of ether oxygens (including phenoxy) is 3. The Morgan fingerprint density at radius 2 is 1.76 bits per heavy atom. The van der Waals surface area contributed by atoms with Crippen molar-refractivity contribution in [2.24, 2.45) is 0 Å². The van der Waals surface area contributed by atoms with Crippen LogP contribution in [0.1, 0.15) is 26.3 Å². The molecule has 0 spiro atoms. The van der Waals surface area contributed by atoms with Gasteiger partial charge in [-0.05, 0) is 50.2 Å². The maximum Gasteiger partial charge on any atom is 0.238 e. The highest BCUT2D eigenvalue weighted by molar-refractivity contribution is 5.94. The average molecular weight is 404 g/mol. The lowest BCUT2D eigenvalue weighted by molar-refractivity contribution is -0.117. The quantitative estimate of drug-likeness (QED) is 0.611. The number of hydrogen-bond donors (Lipinski definition) is 1. The molecule has 0 aliphatic heterocycles. The fraction of sp³-hybridized carbons (Fsp3) is 0.409. The molecule has 2 aromatic carbocycles. The van der Waals surface area contributed by atoms with Gasteiger partial charge in [0.2, 0.25) is 5.91 Å². The summed E-state index contributed by atoms with van der Waals surface area (Å²) in [4.78, 5) is 14.5. The topological polar surface area (TPSA) is 60.0 Å². The number of nitrogens with zero attached hydrogens (tertiary/aromatic N) is 1. The van der Waals surface area contributed by atoms with Gasteiger partial charge in [-0.3, -0.25) is 9.69 Å². The molecule has 0 saturated carbocycles. The van der Waals surface area contributed by atoms with Crippen LogP contribution in [-0.4, -0.2) is 44.2 Å². The summed E-state index contributed by atoms with van der Waals surface area (Å²) in [5.41, 5.74) is 1.33. The van der Waals surface area contributed by atoms with Gasteiger partial charge in [-0.15, -0.1) is 0 Å². The smallest absolute Gasteiger partial charge is 0.238 e. The normalized spacial score (nSPS) is 10.7. The number of carbonyl (C=O) groups is 1.